The molecule has 2 amide bonds. The fourth-order valence-corrected chi connectivity index (χ4v) is 4.00. The summed E-state index contributed by atoms with van der Waals surface area (Å²) in [6, 6.07) is 8.95. The lowest BCUT2D eigenvalue weighted by atomic mass is 10.1. The number of nitrogens with zero attached hydrogens (tertiary/aromatic N) is 2. The van der Waals surface area contributed by atoms with Crippen molar-refractivity contribution >= 4 is 12.0 Å². The van der Waals surface area contributed by atoms with Crippen LogP contribution in [0.5, 0.6) is 0 Å². The summed E-state index contributed by atoms with van der Waals surface area (Å²) < 4.78 is 16.2. The molecule has 0 unspecified atom stereocenters. The second kappa shape index (κ2) is 9.19. The highest BCUT2D eigenvalue weighted by Crippen LogP contribution is 2.27. The smallest absolute Gasteiger partial charge is 0.410 e. The number of benzene rings is 1. The van der Waals surface area contributed by atoms with Crippen LogP contribution in [0.25, 0.3) is 0 Å². The number of rotatable bonds is 6. The maximum atomic E-state index is 13.1. The van der Waals surface area contributed by atoms with Crippen molar-refractivity contribution in [3.63, 3.8) is 0 Å². The molecule has 0 saturated carbocycles. The lowest BCUT2D eigenvalue weighted by Crippen LogP contribution is -2.52. The molecule has 1 aromatic rings. The topological polar surface area (TPSA) is 68.3 Å². The van der Waals surface area contributed by atoms with Gasteiger partial charge in [0.25, 0.3) is 0 Å². The molecule has 7 nitrogen and oxygen atoms in total. The van der Waals surface area contributed by atoms with Gasteiger partial charge in [-0.2, -0.15) is 0 Å². The van der Waals surface area contributed by atoms with Crippen LogP contribution in [-0.4, -0.2) is 67.5 Å². The van der Waals surface area contributed by atoms with Gasteiger partial charge in [0.15, 0.2) is 6.29 Å². The molecule has 148 valence electrons. The molecule has 0 bridgehead atoms. The maximum absolute atomic E-state index is 13.1. The Morgan fingerprint density at radius 3 is 2.41 bits per heavy atom. The number of carbonyl (C=O) groups is 2. The summed E-state index contributed by atoms with van der Waals surface area (Å²) in [4.78, 5) is 29.1. The first-order chi connectivity index (χ1) is 13.2. The Balaban J connectivity index is 1.62. The van der Waals surface area contributed by atoms with Gasteiger partial charge in [-0.1, -0.05) is 30.3 Å². The lowest BCUT2D eigenvalue weighted by Gasteiger charge is -2.33. The molecule has 2 aliphatic heterocycles. The van der Waals surface area contributed by atoms with E-state index in [1.165, 1.54) is 0 Å². The average molecular weight is 376 g/mol. The summed E-state index contributed by atoms with van der Waals surface area (Å²) in [6.45, 7) is 1.41. The zero-order chi connectivity index (χ0) is 19.2. The van der Waals surface area contributed by atoms with E-state index in [0.717, 1.165) is 24.8 Å². The fraction of sp³-hybridized carbons (Fsp3) is 0.600. The van der Waals surface area contributed by atoms with Crippen molar-refractivity contribution in [3.05, 3.63) is 35.9 Å². The average Bonchev–Trinajstić information content (AvgIpc) is 3.37. The van der Waals surface area contributed by atoms with E-state index in [1.807, 2.05) is 35.2 Å². The minimum Gasteiger partial charge on any atom is -0.445 e. The third kappa shape index (κ3) is 4.42. The fourth-order valence-electron chi connectivity index (χ4n) is 4.00. The molecule has 0 N–H and O–H groups in total. The third-order valence-corrected chi connectivity index (χ3v) is 5.34. The molecule has 0 aromatic heterocycles. The highest BCUT2D eigenvalue weighted by molar-refractivity contribution is 5.86. The summed E-state index contributed by atoms with van der Waals surface area (Å²) in [5, 5.41) is 0. The van der Waals surface area contributed by atoms with E-state index in [9.17, 15) is 9.59 Å². The Labute approximate surface area is 160 Å². The number of methoxy groups -OCH3 is 2. The summed E-state index contributed by atoms with van der Waals surface area (Å²) in [6.07, 6.45) is 2.32. The van der Waals surface area contributed by atoms with Gasteiger partial charge in [-0.25, -0.2) is 4.79 Å². The van der Waals surface area contributed by atoms with Crippen LogP contribution < -0.4 is 0 Å². The Morgan fingerprint density at radius 2 is 1.70 bits per heavy atom. The summed E-state index contributed by atoms with van der Waals surface area (Å²) in [7, 11) is 3.16. The minimum atomic E-state index is -0.469. The van der Waals surface area contributed by atoms with Crippen molar-refractivity contribution in [1.82, 2.24) is 9.80 Å². The molecule has 7 heteroatoms. The number of amides is 2. The van der Waals surface area contributed by atoms with E-state index in [0.29, 0.717) is 19.5 Å². The number of hydrogen-bond acceptors (Lipinski definition) is 5. The number of carbonyl (C=O) groups excluding carboxylic acids is 2. The van der Waals surface area contributed by atoms with Crippen molar-refractivity contribution in [2.45, 2.75) is 50.7 Å². The van der Waals surface area contributed by atoms with E-state index < -0.39 is 18.4 Å². The predicted octanol–water partition coefficient (Wildman–Crippen LogP) is 2.40. The van der Waals surface area contributed by atoms with Crippen molar-refractivity contribution in [3.8, 4) is 0 Å². The van der Waals surface area contributed by atoms with Gasteiger partial charge in [-0.15, -0.1) is 0 Å². The molecule has 2 heterocycles. The number of hydrogen-bond donors (Lipinski definition) is 0. The predicted molar refractivity (Wildman–Crippen MR) is 98.9 cm³/mol. The number of ether oxygens (including phenoxy) is 3. The van der Waals surface area contributed by atoms with Gasteiger partial charge in [-0.3, -0.25) is 9.69 Å². The van der Waals surface area contributed by atoms with E-state index in [4.69, 9.17) is 14.2 Å². The largest absolute Gasteiger partial charge is 0.445 e. The van der Waals surface area contributed by atoms with Crippen molar-refractivity contribution in [2.75, 3.05) is 27.3 Å². The Bertz CT molecular complexity index is 635. The molecule has 2 aliphatic rings. The van der Waals surface area contributed by atoms with Gasteiger partial charge in [0.2, 0.25) is 5.91 Å². The molecule has 0 aliphatic carbocycles. The normalized spacial score (nSPS) is 22.5. The van der Waals surface area contributed by atoms with E-state index in [-0.39, 0.29) is 18.6 Å². The molecular formula is C20H28N2O5. The quantitative estimate of drug-likeness (QED) is 0.713. The van der Waals surface area contributed by atoms with Crippen molar-refractivity contribution in [2.24, 2.45) is 0 Å². The number of likely N-dealkylation sites (tertiary alicyclic amines) is 2. The highest BCUT2D eigenvalue weighted by atomic mass is 16.7. The zero-order valence-corrected chi connectivity index (χ0v) is 16.0. The molecule has 2 atom stereocenters. The SMILES string of the molecule is COC(OC)[C@@H]1CCCN1C(=O)[C@@H]1CCCN1C(=O)OCc1ccccc1. The first kappa shape index (κ1) is 19.6. The molecule has 2 saturated heterocycles. The second-order valence-electron chi connectivity index (χ2n) is 6.97. The lowest BCUT2D eigenvalue weighted by molar-refractivity contribution is -0.159. The van der Waals surface area contributed by atoms with Gasteiger partial charge in [0.05, 0.1) is 6.04 Å². The van der Waals surface area contributed by atoms with Crippen LogP contribution in [0.1, 0.15) is 31.2 Å². The molecule has 27 heavy (non-hydrogen) atoms. The Kier molecular flexibility index (Phi) is 6.68. The highest BCUT2D eigenvalue weighted by Gasteiger charge is 2.42. The summed E-state index contributed by atoms with van der Waals surface area (Å²) in [5.41, 5.74) is 0.926. The third-order valence-electron chi connectivity index (χ3n) is 5.34. The van der Waals surface area contributed by atoms with Crippen LogP contribution >= 0.6 is 0 Å². The van der Waals surface area contributed by atoms with E-state index in [2.05, 4.69) is 0 Å². The van der Waals surface area contributed by atoms with E-state index >= 15 is 0 Å². The molecular weight excluding hydrogens is 348 g/mol. The maximum Gasteiger partial charge on any atom is 0.410 e. The summed E-state index contributed by atoms with van der Waals surface area (Å²) in [5.74, 6) is -0.0363. The minimum absolute atomic E-state index is 0.0363. The van der Waals surface area contributed by atoms with Crippen LogP contribution in [-0.2, 0) is 25.6 Å². The molecule has 1 aromatic carbocycles. The molecule has 2 fully saturated rings. The molecule has 0 radical (unpaired) electrons. The van der Waals surface area contributed by atoms with Gasteiger partial charge < -0.3 is 19.1 Å². The van der Waals surface area contributed by atoms with Crippen LogP contribution in [0.2, 0.25) is 0 Å². The first-order valence-corrected chi connectivity index (χ1v) is 9.49. The first-order valence-electron chi connectivity index (χ1n) is 9.49. The van der Waals surface area contributed by atoms with Crippen LogP contribution in [0.15, 0.2) is 30.3 Å². The zero-order valence-electron chi connectivity index (χ0n) is 16.0. The monoisotopic (exact) mass is 376 g/mol. The van der Waals surface area contributed by atoms with Gasteiger partial charge in [0, 0.05) is 27.3 Å². The molecule has 0 spiro atoms. The van der Waals surface area contributed by atoms with Gasteiger partial charge in [-0.05, 0) is 31.2 Å². The van der Waals surface area contributed by atoms with Crippen molar-refractivity contribution in [1.29, 1.82) is 0 Å². The van der Waals surface area contributed by atoms with Crippen LogP contribution in [0.3, 0.4) is 0 Å². The van der Waals surface area contributed by atoms with Gasteiger partial charge >= 0.3 is 6.09 Å². The van der Waals surface area contributed by atoms with Gasteiger partial charge in [0.1, 0.15) is 12.6 Å². The van der Waals surface area contributed by atoms with E-state index in [1.54, 1.807) is 19.1 Å². The molecule has 3 rings (SSSR count). The standard InChI is InChI=1S/C20H28N2O5/c1-25-19(26-2)17-11-7-12-21(17)18(23)16-10-6-13-22(16)20(24)27-14-15-8-4-3-5-9-15/h3-5,8-9,16-17,19H,6-7,10-14H2,1-2H3/t16-,17-/m0/s1. The van der Waals surface area contributed by atoms with Crippen LogP contribution in [0, 0.1) is 0 Å². The Hall–Kier alpha value is -2.12. The summed E-state index contributed by atoms with van der Waals surface area (Å²) >= 11 is 0. The Morgan fingerprint density at radius 1 is 1.04 bits per heavy atom. The van der Waals surface area contributed by atoms with Crippen molar-refractivity contribution < 1.29 is 23.8 Å². The van der Waals surface area contributed by atoms with Crippen LogP contribution in [0.4, 0.5) is 4.79 Å². The second-order valence-corrected chi connectivity index (χ2v) is 6.97.